The van der Waals surface area contributed by atoms with Gasteiger partial charge < -0.3 is 20.1 Å². The molecule has 0 radical (unpaired) electrons. The molecular weight excluding hydrogens is 299 g/mol. The summed E-state index contributed by atoms with van der Waals surface area (Å²) in [5.74, 6) is 0.871. The topological polar surface area (TPSA) is 59.6 Å². The van der Waals surface area contributed by atoms with Crippen LogP contribution in [0, 0.1) is 5.82 Å². The third-order valence-corrected chi connectivity index (χ3v) is 3.33. The maximum atomic E-state index is 13.0. The van der Waals surface area contributed by atoms with Crippen LogP contribution in [0.1, 0.15) is 6.42 Å². The van der Waals surface area contributed by atoms with E-state index in [0.29, 0.717) is 42.6 Å². The van der Waals surface area contributed by atoms with E-state index in [1.165, 1.54) is 12.1 Å². The van der Waals surface area contributed by atoms with Crippen molar-refractivity contribution in [3.05, 3.63) is 48.3 Å². The van der Waals surface area contributed by atoms with Crippen molar-refractivity contribution in [2.45, 2.75) is 6.42 Å². The van der Waals surface area contributed by atoms with Crippen molar-refractivity contribution >= 4 is 17.3 Å². The molecule has 1 heterocycles. The van der Waals surface area contributed by atoms with Gasteiger partial charge in [-0.3, -0.25) is 4.79 Å². The summed E-state index contributed by atoms with van der Waals surface area (Å²) in [6.07, 6.45) is 0.269. The number of amides is 1. The summed E-state index contributed by atoms with van der Waals surface area (Å²) in [5.41, 5.74) is 1.31. The van der Waals surface area contributed by atoms with Gasteiger partial charge in [0.05, 0.1) is 0 Å². The molecule has 120 valence electrons. The number of anilines is 2. The average Bonchev–Trinajstić information content (AvgIpc) is 2.55. The standard InChI is InChI=1S/C17H17FN2O3/c18-12-2-1-3-13(10-12)19-7-6-17(21)20-14-4-5-15-16(11-14)23-9-8-22-15/h1-5,10-11,19H,6-9H2,(H,20,21). The molecule has 23 heavy (non-hydrogen) atoms. The average molecular weight is 316 g/mol. The highest BCUT2D eigenvalue weighted by atomic mass is 19.1. The Morgan fingerprint density at radius 3 is 2.70 bits per heavy atom. The first-order chi connectivity index (χ1) is 11.2. The molecular formula is C17H17FN2O3. The first kappa shape index (κ1) is 15.1. The summed E-state index contributed by atoms with van der Waals surface area (Å²) >= 11 is 0. The second-order valence-corrected chi connectivity index (χ2v) is 5.09. The van der Waals surface area contributed by atoms with Gasteiger partial charge >= 0.3 is 0 Å². The summed E-state index contributed by atoms with van der Waals surface area (Å²) in [6, 6.07) is 11.4. The molecule has 3 rings (SSSR count). The molecule has 0 saturated heterocycles. The van der Waals surface area contributed by atoms with Crippen LogP contribution >= 0.6 is 0 Å². The van der Waals surface area contributed by atoms with Crippen molar-refractivity contribution < 1.29 is 18.7 Å². The number of carbonyl (C=O) groups excluding carboxylic acids is 1. The summed E-state index contributed by atoms with van der Waals surface area (Å²) in [4.78, 5) is 11.9. The van der Waals surface area contributed by atoms with Crippen molar-refractivity contribution in [1.29, 1.82) is 0 Å². The van der Waals surface area contributed by atoms with Gasteiger partial charge in [-0.15, -0.1) is 0 Å². The first-order valence-electron chi connectivity index (χ1n) is 7.40. The van der Waals surface area contributed by atoms with Gasteiger partial charge in [-0.2, -0.15) is 0 Å². The van der Waals surface area contributed by atoms with E-state index >= 15 is 0 Å². The normalized spacial score (nSPS) is 12.6. The second-order valence-electron chi connectivity index (χ2n) is 5.09. The molecule has 1 aliphatic rings. The summed E-state index contributed by atoms with van der Waals surface area (Å²) in [5, 5.41) is 5.81. The predicted molar refractivity (Wildman–Crippen MR) is 85.6 cm³/mol. The van der Waals surface area contributed by atoms with Crippen LogP contribution < -0.4 is 20.1 Å². The number of halogens is 1. The van der Waals surface area contributed by atoms with Crippen LogP contribution in [0.15, 0.2) is 42.5 Å². The molecule has 0 spiro atoms. The zero-order valence-corrected chi connectivity index (χ0v) is 12.5. The zero-order chi connectivity index (χ0) is 16.1. The van der Waals surface area contributed by atoms with Gasteiger partial charge in [-0.25, -0.2) is 4.39 Å². The number of ether oxygens (including phenoxy) is 2. The van der Waals surface area contributed by atoms with Gasteiger partial charge in [0.15, 0.2) is 11.5 Å². The predicted octanol–water partition coefficient (Wildman–Crippen LogP) is 3.04. The Balaban J connectivity index is 1.49. The fourth-order valence-corrected chi connectivity index (χ4v) is 2.26. The lowest BCUT2D eigenvalue weighted by molar-refractivity contribution is -0.115. The lowest BCUT2D eigenvalue weighted by atomic mass is 10.2. The molecule has 2 aromatic carbocycles. The monoisotopic (exact) mass is 316 g/mol. The fourth-order valence-electron chi connectivity index (χ4n) is 2.26. The maximum absolute atomic E-state index is 13.0. The second kappa shape index (κ2) is 7.00. The van der Waals surface area contributed by atoms with Gasteiger partial charge in [0.25, 0.3) is 0 Å². The fraction of sp³-hybridized carbons (Fsp3) is 0.235. The lowest BCUT2D eigenvalue weighted by Crippen LogP contribution is -2.18. The number of benzene rings is 2. The van der Waals surface area contributed by atoms with Gasteiger partial charge in [-0.05, 0) is 30.3 Å². The third kappa shape index (κ3) is 4.12. The van der Waals surface area contributed by atoms with E-state index in [-0.39, 0.29) is 18.1 Å². The van der Waals surface area contributed by atoms with Gasteiger partial charge in [0.2, 0.25) is 5.91 Å². The Kier molecular flexibility index (Phi) is 4.61. The van der Waals surface area contributed by atoms with Gasteiger partial charge in [-0.1, -0.05) is 6.07 Å². The van der Waals surface area contributed by atoms with Crippen molar-refractivity contribution in [1.82, 2.24) is 0 Å². The Labute approximate surface area is 133 Å². The van der Waals surface area contributed by atoms with E-state index in [1.54, 1.807) is 30.3 Å². The SMILES string of the molecule is O=C(CCNc1cccc(F)c1)Nc1ccc2c(c1)OCCO2. The molecule has 5 nitrogen and oxygen atoms in total. The van der Waals surface area contributed by atoms with Crippen molar-refractivity contribution in [2.75, 3.05) is 30.4 Å². The molecule has 0 bridgehead atoms. The van der Waals surface area contributed by atoms with Crippen LogP contribution in [-0.2, 0) is 4.79 Å². The molecule has 6 heteroatoms. The quantitative estimate of drug-likeness (QED) is 0.890. The molecule has 2 N–H and O–H groups in total. The molecule has 0 fully saturated rings. The van der Waals surface area contributed by atoms with Crippen molar-refractivity contribution in [3.63, 3.8) is 0 Å². The van der Waals surface area contributed by atoms with Gasteiger partial charge in [0, 0.05) is 30.4 Å². The molecule has 0 aliphatic carbocycles. The van der Waals surface area contributed by atoms with E-state index < -0.39 is 0 Å². The highest BCUT2D eigenvalue weighted by molar-refractivity contribution is 5.91. The van der Waals surface area contributed by atoms with Gasteiger partial charge in [0.1, 0.15) is 19.0 Å². The summed E-state index contributed by atoms with van der Waals surface area (Å²) in [6.45, 7) is 1.45. The summed E-state index contributed by atoms with van der Waals surface area (Å²) < 4.78 is 23.9. The van der Waals surface area contributed by atoms with E-state index in [2.05, 4.69) is 10.6 Å². The molecule has 0 atom stereocenters. The van der Waals surface area contributed by atoms with Crippen molar-refractivity contribution in [3.8, 4) is 11.5 Å². The molecule has 0 aromatic heterocycles. The van der Waals surface area contributed by atoms with Crippen LogP contribution in [0.5, 0.6) is 11.5 Å². The Morgan fingerprint density at radius 1 is 1.04 bits per heavy atom. The molecule has 2 aromatic rings. The van der Waals surface area contributed by atoms with Crippen LogP contribution in [0.3, 0.4) is 0 Å². The number of hydrogen-bond acceptors (Lipinski definition) is 4. The Hall–Kier alpha value is -2.76. The number of hydrogen-bond donors (Lipinski definition) is 2. The highest BCUT2D eigenvalue weighted by Crippen LogP contribution is 2.32. The van der Waals surface area contributed by atoms with E-state index in [9.17, 15) is 9.18 Å². The lowest BCUT2D eigenvalue weighted by Gasteiger charge is -2.19. The van der Waals surface area contributed by atoms with Crippen molar-refractivity contribution in [2.24, 2.45) is 0 Å². The first-order valence-corrected chi connectivity index (χ1v) is 7.40. The largest absolute Gasteiger partial charge is 0.486 e. The molecule has 1 aliphatic heterocycles. The Bertz CT molecular complexity index is 706. The zero-order valence-electron chi connectivity index (χ0n) is 12.5. The van der Waals surface area contributed by atoms with Crippen LogP contribution in [0.2, 0.25) is 0 Å². The number of nitrogens with one attached hydrogen (secondary N) is 2. The van der Waals surface area contributed by atoms with Crippen LogP contribution in [0.4, 0.5) is 15.8 Å². The van der Waals surface area contributed by atoms with E-state index in [1.807, 2.05) is 0 Å². The number of rotatable bonds is 5. The minimum atomic E-state index is -0.310. The maximum Gasteiger partial charge on any atom is 0.226 e. The molecule has 1 amide bonds. The van der Waals surface area contributed by atoms with E-state index in [4.69, 9.17) is 9.47 Å². The smallest absolute Gasteiger partial charge is 0.226 e. The molecule has 0 unspecified atom stereocenters. The highest BCUT2D eigenvalue weighted by Gasteiger charge is 2.12. The van der Waals surface area contributed by atoms with Crippen LogP contribution in [-0.4, -0.2) is 25.7 Å². The minimum Gasteiger partial charge on any atom is -0.486 e. The Morgan fingerprint density at radius 2 is 1.87 bits per heavy atom. The third-order valence-electron chi connectivity index (χ3n) is 3.33. The van der Waals surface area contributed by atoms with E-state index in [0.717, 1.165) is 0 Å². The number of fused-ring (bicyclic) bond motifs is 1. The number of carbonyl (C=O) groups is 1. The van der Waals surface area contributed by atoms with Crippen LogP contribution in [0.25, 0.3) is 0 Å². The molecule has 0 saturated carbocycles. The minimum absolute atomic E-state index is 0.134. The summed E-state index contributed by atoms with van der Waals surface area (Å²) in [7, 11) is 0.